The van der Waals surface area contributed by atoms with E-state index in [1.807, 2.05) is 0 Å². The van der Waals surface area contributed by atoms with Gasteiger partial charge in [-0.25, -0.2) is 4.79 Å². The summed E-state index contributed by atoms with van der Waals surface area (Å²) in [7, 11) is 1.35. The number of hydrogen-bond acceptors (Lipinski definition) is 5. The van der Waals surface area contributed by atoms with Gasteiger partial charge in [0.25, 0.3) is 0 Å². The molecule has 2 N–H and O–H groups in total. The van der Waals surface area contributed by atoms with Crippen molar-refractivity contribution >= 4 is 28.2 Å². The van der Waals surface area contributed by atoms with Crippen LogP contribution < -0.4 is 10.6 Å². The zero-order valence-electron chi connectivity index (χ0n) is 10.7. The number of carbonyl (C=O) groups is 2. The number of thiophene rings is 1. The quantitative estimate of drug-likeness (QED) is 0.650. The summed E-state index contributed by atoms with van der Waals surface area (Å²) < 4.78 is 4.82. The van der Waals surface area contributed by atoms with Crippen LogP contribution in [-0.4, -0.2) is 25.5 Å². The number of amides is 1. The number of methoxy groups -OCH3 is 1. The molecule has 0 atom stereocenters. The second-order valence-electron chi connectivity index (χ2n) is 4.17. The smallest absolute Gasteiger partial charge is 0.341 e. The van der Waals surface area contributed by atoms with Crippen molar-refractivity contribution in [2.45, 2.75) is 19.4 Å². The lowest BCUT2D eigenvalue weighted by atomic mass is 10.0. The molecule has 0 bridgehead atoms. The summed E-state index contributed by atoms with van der Waals surface area (Å²) in [4.78, 5) is 24.6. The lowest BCUT2D eigenvalue weighted by Gasteiger charge is -2.13. The van der Waals surface area contributed by atoms with E-state index in [2.05, 4.69) is 17.2 Å². The molecule has 1 aliphatic rings. The number of hydrogen-bond donors (Lipinski definition) is 2. The van der Waals surface area contributed by atoms with Crippen LogP contribution in [0.25, 0.3) is 0 Å². The monoisotopic (exact) mass is 280 g/mol. The lowest BCUT2D eigenvalue weighted by molar-refractivity contribution is -0.115. The Kier molecular flexibility index (Phi) is 4.34. The van der Waals surface area contributed by atoms with Gasteiger partial charge in [-0.15, -0.1) is 17.9 Å². The molecule has 1 aromatic rings. The van der Waals surface area contributed by atoms with Gasteiger partial charge in [0.1, 0.15) is 5.00 Å². The summed E-state index contributed by atoms with van der Waals surface area (Å²) in [6.45, 7) is 5.07. The summed E-state index contributed by atoms with van der Waals surface area (Å²) in [6.07, 6.45) is 2.53. The zero-order chi connectivity index (χ0) is 13.8. The predicted molar refractivity (Wildman–Crippen MR) is 74.5 cm³/mol. The minimum absolute atomic E-state index is 0.174. The van der Waals surface area contributed by atoms with Gasteiger partial charge < -0.3 is 15.4 Å². The number of ether oxygens (including phenoxy) is 1. The van der Waals surface area contributed by atoms with E-state index < -0.39 is 5.97 Å². The second-order valence-corrected chi connectivity index (χ2v) is 5.27. The number of carbonyl (C=O) groups excluding carboxylic acids is 2. The number of esters is 1. The average Bonchev–Trinajstić information content (AvgIpc) is 2.75. The van der Waals surface area contributed by atoms with Gasteiger partial charge in [0.15, 0.2) is 0 Å². The van der Waals surface area contributed by atoms with Crippen LogP contribution in [-0.2, 0) is 22.5 Å². The molecule has 0 aliphatic carbocycles. The highest BCUT2D eigenvalue weighted by Gasteiger charge is 2.26. The van der Waals surface area contributed by atoms with E-state index in [0.717, 1.165) is 30.0 Å². The molecule has 19 heavy (non-hydrogen) atoms. The van der Waals surface area contributed by atoms with Gasteiger partial charge in [-0.3, -0.25) is 4.79 Å². The molecule has 2 heterocycles. The fourth-order valence-corrected chi connectivity index (χ4v) is 3.27. The molecular formula is C13H16N2O3S. The summed E-state index contributed by atoms with van der Waals surface area (Å²) in [5.74, 6) is -0.569. The largest absolute Gasteiger partial charge is 0.465 e. The fourth-order valence-electron chi connectivity index (χ4n) is 2.05. The Bertz CT molecular complexity index is 522. The Hall–Kier alpha value is -1.66. The van der Waals surface area contributed by atoms with Crippen molar-refractivity contribution in [1.82, 2.24) is 5.32 Å². The van der Waals surface area contributed by atoms with Gasteiger partial charge in [0.2, 0.25) is 5.91 Å². The molecule has 0 unspecified atom stereocenters. The number of nitrogens with one attached hydrogen (secondary N) is 2. The van der Waals surface area contributed by atoms with E-state index in [-0.39, 0.29) is 12.3 Å². The summed E-state index contributed by atoms with van der Waals surface area (Å²) in [5.41, 5.74) is 1.49. The van der Waals surface area contributed by atoms with E-state index in [0.29, 0.717) is 10.6 Å². The van der Waals surface area contributed by atoms with Crippen molar-refractivity contribution in [1.29, 1.82) is 0 Å². The summed E-state index contributed by atoms with van der Waals surface area (Å²) in [6, 6.07) is 0. The fraction of sp³-hybridized carbons (Fsp3) is 0.385. The first-order valence-electron chi connectivity index (χ1n) is 6.01. The third-order valence-corrected chi connectivity index (χ3v) is 4.05. The Morgan fingerprint density at radius 2 is 2.37 bits per heavy atom. The van der Waals surface area contributed by atoms with Crippen LogP contribution in [0.2, 0.25) is 0 Å². The topological polar surface area (TPSA) is 67.4 Å². The van der Waals surface area contributed by atoms with Crippen LogP contribution in [0.1, 0.15) is 27.2 Å². The van der Waals surface area contributed by atoms with Gasteiger partial charge in [0.05, 0.1) is 12.7 Å². The van der Waals surface area contributed by atoms with Crippen LogP contribution in [0, 0.1) is 0 Å². The second kappa shape index (κ2) is 5.99. The van der Waals surface area contributed by atoms with Crippen LogP contribution in [0.4, 0.5) is 5.00 Å². The molecule has 0 spiro atoms. The number of anilines is 1. The Morgan fingerprint density at radius 1 is 1.58 bits per heavy atom. The number of fused-ring (bicyclic) bond motifs is 1. The third-order valence-electron chi connectivity index (χ3n) is 2.90. The van der Waals surface area contributed by atoms with E-state index in [1.54, 1.807) is 0 Å². The Balaban J connectivity index is 2.36. The van der Waals surface area contributed by atoms with Crippen molar-refractivity contribution < 1.29 is 14.3 Å². The van der Waals surface area contributed by atoms with Crippen molar-refractivity contribution in [3.05, 3.63) is 28.7 Å². The molecule has 102 valence electrons. The molecule has 2 rings (SSSR count). The molecule has 1 aromatic heterocycles. The van der Waals surface area contributed by atoms with Crippen LogP contribution in [0.15, 0.2) is 12.7 Å². The van der Waals surface area contributed by atoms with Gasteiger partial charge in [0, 0.05) is 17.8 Å². The van der Waals surface area contributed by atoms with Crippen LogP contribution in [0.5, 0.6) is 0 Å². The van der Waals surface area contributed by atoms with Crippen molar-refractivity contribution in [2.75, 3.05) is 19.0 Å². The van der Waals surface area contributed by atoms with Gasteiger partial charge >= 0.3 is 5.97 Å². The van der Waals surface area contributed by atoms with Gasteiger partial charge in [-0.05, 0) is 18.5 Å². The molecule has 6 heteroatoms. The Morgan fingerprint density at radius 3 is 3.05 bits per heavy atom. The van der Waals surface area contributed by atoms with E-state index in [4.69, 9.17) is 4.74 Å². The first-order chi connectivity index (χ1) is 9.17. The van der Waals surface area contributed by atoms with Crippen molar-refractivity contribution in [2.24, 2.45) is 0 Å². The lowest BCUT2D eigenvalue weighted by Crippen LogP contribution is -2.23. The Labute approximate surface area is 115 Å². The third kappa shape index (κ3) is 2.85. The highest BCUT2D eigenvalue weighted by molar-refractivity contribution is 7.17. The minimum atomic E-state index is -0.395. The summed E-state index contributed by atoms with van der Waals surface area (Å²) >= 11 is 1.43. The highest BCUT2D eigenvalue weighted by atomic mass is 32.1. The number of rotatable bonds is 4. The average molecular weight is 280 g/mol. The first-order valence-corrected chi connectivity index (χ1v) is 6.83. The highest BCUT2D eigenvalue weighted by Crippen LogP contribution is 2.35. The van der Waals surface area contributed by atoms with E-state index in [1.165, 1.54) is 24.5 Å². The normalized spacial score (nSPS) is 13.5. The molecule has 5 nitrogen and oxygen atoms in total. The predicted octanol–water partition coefficient (Wildman–Crippen LogP) is 1.69. The molecule has 1 amide bonds. The molecule has 1 aliphatic heterocycles. The van der Waals surface area contributed by atoms with Gasteiger partial charge in [-0.1, -0.05) is 6.08 Å². The maximum atomic E-state index is 11.9. The summed E-state index contributed by atoms with van der Waals surface area (Å²) in [5, 5.41) is 6.59. The van der Waals surface area contributed by atoms with Crippen LogP contribution >= 0.6 is 11.3 Å². The van der Waals surface area contributed by atoms with E-state index in [9.17, 15) is 9.59 Å². The van der Waals surface area contributed by atoms with Gasteiger partial charge in [-0.2, -0.15) is 0 Å². The first kappa shape index (κ1) is 13.8. The maximum Gasteiger partial charge on any atom is 0.341 e. The molecule has 0 radical (unpaired) electrons. The molecular weight excluding hydrogens is 264 g/mol. The standard InChI is InChI=1S/C13H16N2O3S/c1-3-4-10(16)15-12-11(13(17)18-2)8-5-6-14-7-9(8)19-12/h3,14H,1,4-7H2,2H3,(H,15,16). The molecule has 0 saturated heterocycles. The molecule has 0 fully saturated rings. The minimum Gasteiger partial charge on any atom is -0.465 e. The van der Waals surface area contributed by atoms with Crippen molar-refractivity contribution in [3.8, 4) is 0 Å². The zero-order valence-corrected chi connectivity index (χ0v) is 11.6. The van der Waals surface area contributed by atoms with Crippen molar-refractivity contribution in [3.63, 3.8) is 0 Å². The SMILES string of the molecule is C=CCC(=O)Nc1sc2c(c1C(=O)OC)CCNC2. The molecule has 0 saturated carbocycles. The maximum absolute atomic E-state index is 11.9. The molecule has 0 aromatic carbocycles. The van der Waals surface area contributed by atoms with E-state index >= 15 is 0 Å². The van der Waals surface area contributed by atoms with Crippen LogP contribution in [0.3, 0.4) is 0 Å².